The number of amides is 1. The third-order valence-electron chi connectivity index (χ3n) is 5.84. The molecule has 3 aromatic rings. The van der Waals surface area contributed by atoms with E-state index in [1.54, 1.807) is 26.4 Å². The van der Waals surface area contributed by atoms with Crippen molar-refractivity contribution in [1.82, 2.24) is 5.32 Å². The molecule has 31 heavy (non-hydrogen) atoms. The zero-order chi connectivity index (χ0) is 21.7. The predicted octanol–water partition coefficient (Wildman–Crippen LogP) is 5.09. The molecule has 0 unspecified atom stereocenters. The van der Waals surface area contributed by atoms with E-state index >= 15 is 0 Å². The van der Waals surface area contributed by atoms with Crippen LogP contribution in [0.15, 0.2) is 72.8 Å². The standard InChI is InChI=1S/C26H27NO4/c1-29-22-16-20(17-23(30-2)24(22)31-18-19-10-5-3-6-11-19)25(28)27-26(14-9-15-26)21-12-7-4-8-13-21/h3-8,10-13,16-17H,9,14-15,18H2,1-2H3,(H,27,28). The molecule has 1 N–H and O–H groups in total. The van der Waals surface area contributed by atoms with Gasteiger partial charge in [0.2, 0.25) is 5.75 Å². The second-order valence-electron chi connectivity index (χ2n) is 7.74. The van der Waals surface area contributed by atoms with Gasteiger partial charge in [0.05, 0.1) is 19.8 Å². The fraction of sp³-hybridized carbons (Fsp3) is 0.269. The van der Waals surface area contributed by atoms with Crippen LogP contribution in [0, 0.1) is 0 Å². The number of hydrogen-bond donors (Lipinski definition) is 1. The van der Waals surface area contributed by atoms with Gasteiger partial charge in [0.1, 0.15) is 6.61 Å². The fourth-order valence-electron chi connectivity index (χ4n) is 3.95. The smallest absolute Gasteiger partial charge is 0.252 e. The monoisotopic (exact) mass is 417 g/mol. The van der Waals surface area contributed by atoms with E-state index in [2.05, 4.69) is 17.4 Å². The van der Waals surface area contributed by atoms with Crippen LogP contribution in [0.4, 0.5) is 0 Å². The molecule has 0 spiro atoms. The lowest BCUT2D eigenvalue weighted by atomic mass is 9.71. The van der Waals surface area contributed by atoms with E-state index in [1.165, 1.54) is 0 Å². The Bertz CT molecular complexity index is 1000. The van der Waals surface area contributed by atoms with Gasteiger partial charge in [-0.15, -0.1) is 0 Å². The van der Waals surface area contributed by atoms with Crippen molar-refractivity contribution in [2.45, 2.75) is 31.4 Å². The molecule has 0 aromatic heterocycles. The third kappa shape index (κ3) is 4.36. The molecule has 5 heteroatoms. The summed E-state index contributed by atoms with van der Waals surface area (Å²) in [6.07, 6.45) is 2.94. The van der Waals surface area contributed by atoms with Gasteiger partial charge in [-0.05, 0) is 42.5 Å². The summed E-state index contributed by atoms with van der Waals surface area (Å²) in [5.74, 6) is 1.24. The van der Waals surface area contributed by atoms with E-state index in [0.717, 1.165) is 30.4 Å². The van der Waals surface area contributed by atoms with Crippen molar-refractivity contribution in [3.8, 4) is 17.2 Å². The summed E-state index contributed by atoms with van der Waals surface area (Å²) in [7, 11) is 3.12. The number of ether oxygens (including phenoxy) is 3. The van der Waals surface area contributed by atoms with Crippen molar-refractivity contribution < 1.29 is 19.0 Å². The van der Waals surface area contributed by atoms with Gasteiger partial charge in [0.25, 0.3) is 5.91 Å². The average Bonchev–Trinajstić information content (AvgIpc) is 2.80. The third-order valence-corrected chi connectivity index (χ3v) is 5.84. The number of methoxy groups -OCH3 is 2. The zero-order valence-electron chi connectivity index (χ0n) is 17.9. The Morgan fingerprint density at radius 2 is 1.48 bits per heavy atom. The number of hydrogen-bond acceptors (Lipinski definition) is 4. The van der Waals surface area contributed by atoms with Crippen LogP contribution in [0.2, 0.25) is 0 Å². The van der Waals surface area contributed by atoms with E-state index in [9.17, 15) is 4.79 Å². The molecule has 0 saturated heterocycles. The Labute approximate surface area is 183 Å². The number of benzene rings is 3. The Morgan fingerprint density at radius 3 is 2.00 bits per heavy atom. The van der Waals surface area contributed by atoms with Gasteiger partial charge in [-0.2, -0.15) is 0 Å². The molecule has 160 valence electrons. The lowest BCUT2D eigenvalue weighted by Gasteiger charge is -2.43. The minimum absolute atomic E-state index is 0.158. The molecule has 3 aromatic carbocycles. The maximum atomic E-state index is 13.2. The van der Waals surface area contributed by atoms with Gasteiger partial charge in [-0.1, -0.05) is 60.7 Å². The molecule has 0 aliphatic heterocycles. The number of carbonyl (C=O) groups excluding carboxylic acids is 1. The van der Waals surface area contributed by atoms with Crippen LogP contribution in [-0.4, -0.2) is 20.1 Å². The topological polar surface area (TPSA) is 56.8 Å². The first-order valence-corrected chi connectivity index (χ1v) is 10.5. The molecule has 0 radical (unpaired) electrons. The summed E-state index contributed by atoms with van der Waals surface area (Å²) in [6.45, 7) is 0.371. The first kappa shape index (κ1) is 20.8. The maximum Gasteiger partial charge on any atom is 0.252 e. The minimum Gasteiger partial charge on any atom is -0.493 e. The highest BCUT2D eigenvalue weighted by atomic mass is 16.5. The Kier molecular flexibility index (Phi) is 6.12. The summed E-state index contributed by atoms with van der Waals surface area (Å²) in [5, 5.41) is 3.25. The molecule has 1 fully saturated rings. The number of nitrogens with one attached hydrogen (secondary N) is 1. The van der Waals surface area contributed by atoms with Crippen LogP contribution in [0.5, 0.6) is 17.2 Å². The predicted molar refractivity (Wildman–Crippen MR) is 120 cm³/mol. The summed E-state index contributed by atoms with van der Waals surface area (Å²) in [5.41, 5.74) is 2.32. The molecule has 1 aliphatic carbocycles. The molecule has 0 heterocycles. The van der Waals surface area contributed by atoms with Crippen molar-refractivity contribution in [2.24, 2.45) is 0 Å². The van der Waals surface area contributed by atoms with Crippen molar-refractivity contribution in [1.29, 1.82) is 0 Å². The lowest BCUT2D eigenvalue weighted by molar-refractivity contribution is 0.0822. The number of rotatable bonds is 8. The largest absolute Gasteiger partial charge is 0.493 e. The molecular formula is C26H27NO4. The summed E-state index contributed by atoms with van der Waals surface area (Å²) in [6, 6.07) is 23.4. The van der Waals surface area contributed by atoms with Gasteiger partial charge < -0.3 is 19.5 Å². The quantitative estimate of drug-likeness (QED) is 0.555. The van der Waals surface area contributed by atoms with Crippen LogP contribution in [0.3, 0.4) is 0 Å². The van der Waals surface area contributed by atoms with Crippen molar-refractivity contribution >= 4 is 5.91 Å². The van der Waals surface area contributed by atoms with E-state index in [-0.39, 0.29) is 11.4 Å². The van der Waals surface area contributed by atoms with Crippen molar-refractivity contribution in [3.05, 3.63) is 89.5 Å². The molecule has 0 atom stereocenters. The molecule has 0 bridgehead atoms. The van der Waals surface area contributed by atoms with E-state index in [1.807, 2.05) is 48.5 Å². The Morgan fingerprint density at radius 1 is 0.903 bits per heavy atom. The summed E-state index contributed by atoms with van der Waals surface area (Å²) >= 11 is 0. The molecule has 1 aliphatic rings. The highest BCUT2D eigenvalue weighted by molar-refractivity contribution is 5.96. The van der Waals surface area contributed by atoms with Crippen LogP contribution in [0.25, 0.3) is 0 Å². The summed E-state index contributed by atoms with van der Waals surface area (Å²) < 4.78 is 17.1. The second kappa shape index (κ2) is 9.13. The van der Waals surface area contributed by atoms with Crippen molar-refractivity contribution in [2.75, 3.05) is 14.2 Å². The van der Waals surface area contributed by atoms with E-state index < -0.39 is 0 Å². The molecule has 5 nitrogen and oxygen atoms in total. The van der Waals surface area contributed by atoms with Gasteiger partial charge in [-0.25, -0.2) is 0 Å². The normalized spacial score (nSPS) is 14.3. The van der Waals surface area contributed by atoms with E-state index in [4.69, 9.17) is 14.2 Å². The molecular weight excluding hydrogens is 390 g/mol. The fourth-order valence-corrected chi connectivity index (χ4v) is 3.95. The molecule has 4 rings (SSSR count). The zero-order valence-corrected chi connectivity index (χ0v) is 17.9. The van der Waals surface area contributed by atoms with Crippen LogP contribution in [0.1, 0.15) is 40.7 Å². The average molecular weight is 418 g/mol. The van der Waals surface area contributed by atoms with Gasteiger partial charge in [0, 0.05) is 5.56 Å². The first-order valence-electron chi connectivity index (χ1n) is 10.5. The molecule has 1 amide bonds. The molecule has 1 saturated carbocycles. The minimum atomic E-state index is -0.318. The lowest BCUT2D eigenvalue weighted by Crippen LogP contribution is -2.50. The highest BCUT2D eigenvalue weighted by Crippen LogP contribution is 2.43. The van der Waals surface area contributed by atoms with Crippen LogP contribution < -0.4 is 19.5 Å². The van der Waals surface area contributed by atoms with Gasteiger partial charge in [0.15, 0.2) is 11.5 Å². The van der Waals surface area contributed by atoms with Crippen LogP contribution in [-0.2, 0) is 12.1 Å². The van der Waals surface area contributed by atoms with Crippen LogP contribution >= 0.6 is 0 Å². The number of carbonyl (C=O) groups is 1. The first-order chi connectivity index (χ1) is 15.1. The summed E-state index contributed by atoms with van der Waals surface area (Å²) in [4.78, 5) is 13.2. The highest BCUT2D eigenvalue weighted by Gasteiger charge is 2.40. The SMILES string of the molecule is COc1cc(C(=O)NC2(c3ccccc3)CCC2)cc(OC)c1OCc1ccccc1. The van der Waals surface area contributed by atoms with Crippen molar-refractivity contribution in [3.63, 3.8) is 0 Å². The maximum absolute atomic E-state index is 13.2. The second-order valence-corrected chi connectivity index (χ2v) is 7.74. The van der Waals surface area contributed by atoms with E-state index in [0.29, 0.717) is 29.4 Å². The van der Waals surface area contributed by atoms with Gasteiger partial charge in [-0.3, -0.25) is 4.79 Å². The Balaban J connectivity index is 1.57. The van der Waals surface area contributed by atoms with Gasteiger partial charge >= 0.3 is 0 Å². The Hall–Kier alpha value is -3.47.